The summed E-state index contributed by atoms with van der Waals surface area (Å²) in [5.74, 6) is -0.556. The van der Waals surface area contributed by atoms with Crippen LogP contribution in [-0.2, 0) is 14.8 Å². The highest BCUT2D eigenvalue weighted by molar-refractivity contribution is 9.10. The molecule has 4 aromatic rings. The number of aromatic amines is 1. The molecule has 0 saturated heterocycles. The van der Waals surface area contributed by atoms with E-state index in [1.807, 2.05) is 6.92 Å². The van der Waals surface area contributed by atoms with Gasteiger partial charge in [-0.2, -0.15) is 0 Å². The number of sulfonamides is 1. The quantitative estimate of drug-likeness (QED) is 0.236. The Morgan fingerprint density at radius 3 is 2.47 bits per heavy atom. The molecule has 1 aromatic heterocycles. The van der Waals surface area contributed by atoms with Crippen LogP contribution in [-0.4, -0.2) is 37.6 Å². The first kappa shape index (κ1) is 25.7. The average Bonchev–Trinajstić information content (AvgIpc) is 3.16. The molecule has 0 aliphatic heterocycles. The number of ether oxygens (including phenoxy) is 1. The van der Waals surface area contributed by atoms with Crippen LogP contribution in [0.2, 0.25) is 5.02 Å². The van der Waals surface area contributed by atoms with Crippen molar-refractivity contribution in [2.75, 3.05) is 17.5 Å². The van der Waals surface area contributed by atoms with Crippen molar-refractivity contribution in [3.05, 3.63) is 76.2 Å². The van der Waals surface area contributed by atoms with Gasteiger partial charge in [0.15, 0.2) is 5.69 Å². The summed E-state index contributed by atoms with van der Waals surface area (Å²) in [6.45, 7) is 1.65. The number of hydrogen-bond donors (Lipinski definition) is 2. The van der Waals surface area contributed by atoms with E-state index in [2.05, 4.69) is 31.1 Å². The van der Waals surface area contributed by atoms with Crippen molar-refractivity contribution in [3.63, 3.8) is 0 Å². The van der Waals surface area contributed by atoms with Gasteiger partial charge < -0.3 is 14.8 Å². The maximum absolute atomic E-state index is 13.5. The Labute approximate surface area is 220 Å². The number of aromatic hydroxyl groups is 1. The summed E-state index contributed by atoms with van der Waals surface area (Å²) >= 11 is 9.27. The number of halogens is 2. The third-order valence-electron chi connectivity index (χ3n) is 5.09. The number of fused-ring (bicyclic) bond motifs is 1. The minimum Gasteiger partial charge on any atom is -0.494 e. The normalized spacial score (nSPS) is 11.8. The number of nitrogens with zero attached hydrogens (tertiary/aromatic N) is 3. The Balaban J connectivity index is 1.67. The lowest BCUT2D eigenvalue weighted by atomic mass is 10.2. The molecule has 0 aliphatic carbocycles. The SMILES string of the molecule is CCOc1ccc(N(CC(=O)N=Nc2c(O)[nH]c3ccc(Br)cc23)S(=O)(=O)c2ccc(Cl)cc2)cc1. The van der Waals surface area contributed by atoms with Crippen LogP contribution >= 0.6 is 27.5 Å². The number of carbonyl (C=O) groups is 1. The smallest absolute Gasteiger partial charge is 0.285 e. The second-order valence-electron chi connectivity index (χ2n) is 7.50. The van der Waals surface area contributed by atoms with Gasteiger partial charge in [0.1, 0.15) is 12.3 Å². The fourth-order valence-electron chi connectivity index (χ4n) is 3.42. The molecule has 3 aromatic carbocycles. The van der Waals surface area contributed by atoms with Gasteiger partial charge in [-0.3, -0.25) is 9.10 Å². The van der Waals surface area contributed by atoms with Crippen molar-refractivity contribution in [3.8, 4) is 11.6 Å². The third-order valence-corrected chi connectivity index (χ3v) is 7.63. The molecule has 0 saturated carbocycles. The van der Waals surface area contributed by atoms with Crippen LogP contribution in [0, 0.1) is 0 Å². The number of azo groups is 1. The van der Waals surface area contributed by atoms with E-state index < -0.39 is 22.5 Å². The summed E-state index contributed by atoms with van der Waals surface area (Å²) in [7, 11) is -4.16. The second kappa shape index (κ2) is 10.7. The molecule has 1 amide bonds. The highest BCUT2D eigenvalue weighted by Gasteiger charge is 2.27. The van der Waals surface area contributed by atoms with Crippen LogP contribution in [0.3, 0.4) is 0 Å². The Hall–Kier alpha value is -3.41. The van der Waals surface area contributed by atoms with Gasteiger partial charge >= 0.3 is 0 Å². The highest BCUT2D eigenvalue weighted by atomic mass is 79.9. The van der Waals surface area contributed by atoms with Crippen LogP contribution in [0.4, 0.5) is 11.4 Å². The van der Waals surface area contributed by atoms with Gasteiger partial charge in [0.25, 0.3) is 15.9 Å². The molecule has 2 N–H and O–H groups in total. The Morgan fingerprint density at radius 2 is 1.81 bits per heavy atom. The lowest BCUT2D eigenvalue weighted by Gasteiger charge is -2.23. The second-order valence-corrected chi connectivity index (χ2v) is 10.7. The van der Waals surface area contributed by atoms with Crippen molar-refractivity contribution in [1.82, 2.24) is 4.98 Å². The van der Waals surface area contributed by atoms with Crippen molar-refractivity contribution < 1.29 is 23.1 Å². The van der Waals surface area contributed by atoms with Crippen LogP contribution in [0.5, 0.6) is 11.6 Å². The van der Waals surface area contributed by atoms with Gasteiger partial charge in [0.05, 0.1) is 22.7 Å². The van der Waals surface area contributed by atoms with E-state index in [1.165, 1.54) is 36.4 Å². The fraction of sp³-hybridized carbons (Fsp3) is 0.125. The van der Waals surface area contributed by atoms with Crippen molar-refractivity contribution >= 4 is 65.7 Å². The molecule has 0 unspecified atom stereocenters. The summed E-state index contributed by atoms with van der Waals surface area (Å²) in [5.41, 5.74) is 0.891. The van der Waals surface area contributed by atoms with Gasteiger partial charge in [-0.25, -0.2) is 8.42 Å². The fourth-order valence-corrected chi connectivity index (χ4v) is 5.32. The third kappa shape index (κ3) is 5.53. The maximum atomic E-state index is 13.5. The highest BCUT2D eigenvalue weighted by Crippen LogP contribution is 2.37. The molecule has 0 fully saturated rings. The Kier molecular flexibility index (Phi) is 7.62. The number of anilines is 1. The van der Waals surface area contributed by atoms with E-state index in [1.54, 1.807) is 30.3 Å². The standard InChI is InChI=1S/C24H20BrClN4O5S/c1-2-35-18-8-6-17(7-9-18)30(36(33,34)19-10-4-16(26)5-11-19)14-22(31)28-29-23-20-13-15(25)3-12-21(20)27-24(23)32/h3-13,27,32H,2,14H2,1H3. The van der Waals surface area contributed by atoms with Gasteiger partial charge in [0, 0.05) is 14.9 Å². The topological polar surface area (TPSA) is 124 Å². The molecule has 0 bridgehead atoms. The predicted molar refractivity (Wildman–Crippen MR) is 141 cm³/mol. The molecule has 186 valence electrons. The number of nitrogens with one attached hydrogen (secondary N) is 1. The zero-order valence-electron chi connectivity index (χ0n) is 18.9. The zero-order valence-corrected chi connectivity index (χ0v) is 22.0. The van der Waals surface area contributed by atoms with E-state index in [0.717, 1.165) is 8.78 Å². The molecule has 0 atom stereocenters. The lowest BCUT2D eigenvalue weighted by molar-refractivity contribution is -0.116. The molecular weight excluding hydrogens is 572 g/mol. The average molecular weight is 592 g/mol. The maximum Gasteiger partial charge on any atom is 0.285 e. The van der Waals surface area contributed by atoms with Gasteiger partial charge in [-0.1, -0.05) is 27.5 Å². The number of carbonyl (C=O) groups excluding carboxylic acids is 1. The van der Waals surface area contributed by atoms with E-state index in [4.69, 9.17) is 16.3 Å². The summed E-state index contributed by atoms with van der Waals surface area (Å²) in [6, 6.07) is 17.1. The molecule has 9 nitrogen and oxygen atoms in total. The van der Waals surface area contributed by atoms with Crippen molar-refractivity contribution in [1.29, 1.82) is 0 Å². The predicted octanol–water partition coefficient (Wildman–Crippen LogP) is 6.19. The molecule has 36 heavy (non-hydrogen) atoms. The number of rotatable bonds is 8. The minimum absolute atomic E-state index is 0.0513. The molecule has 0 radical (unpaired) electrons. The monoisotopic (exact) mass is 590 g/mol. The number of amides is 1. The molecule has 4 rings (SSSR count). The van der Waals surface area contributed by atoms with Gasteiger partial charge in [0.2, 0.25) is 5.88 Å². The van der Waals surface area contributed by atoms with E-state index in [0.29, 0.717) is 28.3 Å². The molecule has 0 spiro atoms. The number of H-pyrrole nitrogens is 1. The minimum atomic E-state index is -4.16. The van der Waals surface area contributed by atoms with E-state index >= 15 is 0 Å². The van der Waals surface area contributed by atoms with Crippen LogP contribution < -0.4 is 9.04 Å². The zero-order chi connectivity index (χ0) is 25.9. The largest absolute Gasteiger partial charge is 0.494 e. The number of hydrogen-bond acceptors (Lipinski definition) is 6. The Bertz CT molecular complexity index is 1540. The van der Waals surface area contributed by atoms with Crippen LogP contribution in [0.25, 0.3) is 10.9 Å². The van der Waals surface area contributed by atoms with E-state index in [-0.39, 0.29) is 22.2 Å². The van der Waals surface area contributed by atoms with Crippen LogP contribution in [0.15, 0.2) is 86.3 Å². The van der Waals surface area contributed by atoms with Gasteiger partial charge in [-0.15, -0.1) is 10.2 Å². The first-order valence-corrected chi connectivity index (χ1v) is 13.3. The summed E-state index contributed by atoms with van der Waals surface area (Å²) in [5, 5.41) is 18.7. The molecule has 0 aliphatic rings. The van der Waals surface area contributed by atoms with E-state index in [9.17, 15) is 18.3 Å². The summed E-state index contributed by atoms with van der Waals surface area (Å²) in [6.07, 6.45) is 0. The number of benzene rings is 3. The molecular formula is C24H20BrClN4O5S. The molecule has 1 heterocycles. The molecule has 12 heteroatoms. The first-order chi connectivity index (χ1) is 17.2. The summed E-state index contributed by atoms with van der Waals surface area (Å²) in [4.78, 5) is 15.5. The van der Waals surface area contributed by atoms with Crippen LogP contribution in [0.1, 0.15) is 6.92 Å². The summed E-state index contributed by atoms with van der Waals surface area (Å²) < 4.78 is 34.0. The first-order valence-electron chi connectivity index (χ1n) is 10.6. The van der Waals surface area contributed by atoms with Crippen molar-refractivity contribution in [2.24, 2.45) is 10.2 Å². The number of aromatic nitrogens is 1. The van der Waals surface area contributed by atoms with Crippen molar-refractivity contribution in [2.45, 2.75) is 11.8 Å². The van der Waals surface area contributed by atoms with Gasteiger partial charge in [-0.05, 0) is 73.7 Å². The Morgan fingerprint density at radius 1 is 1.11 bits per heavy atom. The lowest BCUT2D eigenvalue weighted by Crippen LogP contribution is -2.35.